The Hall–Kier alpha value is -0.830. The Labute approximate surface area is 78.0 Å². The van der Waals surface area contributed by atoms with Gasteiger partial charge in [0.05, 0.1) is 0 Å². The molecule has 0 amide bonds. The number of rotatable bonds is 1. The average molecular weight is 181 g/mol. The molecule has 3 heterocycles. The van der Waals surface area contributed by atoms with Crippen molar-refractivity contribution in [3.8, 4) is 0 Å². The van der Waals surface area contributed by atoms with Gasteiger partial charge >= 0.3 is 5.97 Å². The normalized spacial score (nSPS) is 41.0. The van der Waals surface area contributed by atoms with Gasteiger partial charge in [-0.15, -0.1) is 0 Å². The third-order valence-corrected chi connectivity index (χ3v) is 3.28. The first kappa shape index (κ1) is 8.75. The van der Waals surface area contributed by atoms with Gasteiger partial charge in [-0.05, 0) is 32.2 Å². The first-order chi connectivity index (χ1) is 6.22. The number of fused-ring (bicyclic) bond motifs is 3. The van der Waals surface area contributed by atoms with Crippen molar-refractivity contribution < 1.29 is 9.90 Å². The molecule has 0 aliphatic carbocycles. The smallest absolute Gasteiger partial charge is 0.320 e. The summed E-state index contributed by atoms with van der Waals surface area (Å²) < 4.78 is 0. The van der Waals surface area contributed by atoms with Gasteiger partial charge in [-0.3, -0.25) is 9.69 Å². The maximum atomic E-state index is 10.9. The van der Waals surface area contributed by atoms with Crippen LogP contribution in [0.5, 0.6) is 0 Å². The molecule has 3 nitrogen and oxygen atoms in total. The molecular formula is C10H15NO2. The molecule has 3 atom stereocenters. The van der Waals surface area contributed by atoms with Crippen LogP contribution in [-0.4, -0.2) is 35.1 Å². The molecule has 0 aromatic heterocycles. The minimum Gasteiger partial charge on any atom is -0.480 e. The zero-order valence-corrected chi connectivity index (χ0v) is 7.86. The monoisotopic (exact) mass is 181 g/mol. The number of hydrogen-bond acceptors (Lipinski definition) is 2. The van der Waals surface area contributed by atoms with Gasteiger partial charge in [0.1, 0.15) is 6.04 Å². The molecule has 0 spiro atoms. The zero-order valence-electron chi connectivity index (χ0n) is 7.86. The Morgan fingerprint density at radius 3 is 2.92 bits per heavy atom. The van der Waals surface area contributed by atoms with E-state index in [1.807, 2.05) is 6.92 Å². The molecule has 0 radical (unpaired) electrons. The molecule has 0 aromatic carbocycles. The van der Waals surface area contributed by atoms with Crippen LogP contribution in [0.1, 0.15) is 19.8 Å². The van der Waals surface area contributed by atoms with E-state index in [0.717, 1.165) is 25.9 Å². The van der Waals surface area contributed by atoms with E-state index in [2.05, 4.69) is 11.0 Å². The van der Waals surface area contributed by atoms with Crippen LogP contribution in [0, 0.1) is 5.92 Å². The van der Waals surface area contributed by atoms with Gasteiger partial charge in [0, 0.05) is 6.54 Å². The van der Waals surface area contributed by atoms with Crippen molar-refractivity contribution in [2.45, 2.75) is 25.8 Å². The number of allylic oxidation sites excluding steroid dienone is 1. The Bertz CT molecular complexity index is 260. The summed E-state index contributed by atoms with van der Waals surface area (Å²) in [6.07, 6.45) is 4.10. The van der Waals surface area contributed by atoms with Crippen LogP contribution in [-0.2, 0) is 4.79 Å². The van der Waals surface area contributed by atoms with E-state index in [0.29, 0.717) is 5.92 Å². The van der Waals surface area contributed by atoms with E-state index in [4.69, 9.17) is 5.11 Å². The fraction of sp³-hybridized carbons (Fsp3) is 0.700. The lowest BCUT2D eigenvalue weighted by Crippen LogP contribution is -2.53. The highest BCUT2D eigenvalue weighted by Crippen LogP contribution is 2.35. The van der Waals surface area contributed by atoms with Gasteiger partial charge in [0.2, 0.25) is 0 Å². The first-order valence-corrected chi connectivity index (χ1v) is 4.84. The van der Waals surface area contributed by atoms with E-state index in [-0.39, 0.29) is 6.04 Å². The van der Waals surface area contributed by atoms with Crippen LogP contribution in [0.25, 0.3) is 0 Å². The summed E-state index contributed by atoms with van der Waals surface area (Å²) in [5, 5.41) is 8.96. The summed E-state index contributed by atoms with van der Waals surface area (Å²) in [7, 11) is 0. The van der Waals surface area contributed by atoms with Crippen LogP contribution < -0.4 is 0 Å². The predicted octanol–water partition coefficient (Wildman–Crippen LogP) is 1.11. The Morgan fingerprint density at radius 1 is 1.69 bits per heavy atom. The summed E-state index contributed by atoms with van der Waals surface area (Å²) in [5.41, 5.74) is 1.43. The van der Waals surface area contributed by atoms with Crippen molar-refractivity contribution in [1.82, 2.24) is 4.90 Å². The Kier molecular flexibility index (Phi) is 2.12. The molecular weight excluding hydrogens is 166 g/mol. The quantitative estimate of drug-likeness (QED) is 0.616. The molecule has 3 aliphatic heterocycles. The summed E-state index contributed by atoms with van der Waals surface area (Å²) in [5.74, 6) is -0.115. The van der Waals surface area contributed by atoms with Gasteiger partial charge in [-0.2, -0.15) is 0 Å². The summed E-state index contributed by atoms with van der Waals surface area (Å²) >= 11 is 0. The highest BCUT2D eigenvalue weighted by molar-refractivity contribution is 5.74. The maximum absolute atomic E-state index is 10.9. The molecule has 3 fully saturated rings. The van der Waals surface area contributed by atoms with Crippen molar-refractivity contribution >= 4 is 5.97 Å². The summed E-state index contributed by atoms with van der Waals surface area (Å²) in [6.45, 7) is 3.88. The molecule has 3 aliphatic rings. The van der Waals surface area contributed by atoms with Gasteiger partial charge in [-0.1, -0.05) is 11.6 Å². The third kappa shape index (κ3) is 1.37. The molecule has 2 bridgehead atoms. The highest BCUT2D eigenvalue weighted by atomic mass is 16.4. The minimum atomic E-state index is -0.653. The number of aliphatic carboxylic acids is 1. The Morgan fingerprint density at radius 2 is 2.46 bits per heavy atom. The van der Waals surface area contributed by atoms with Crippen LogP contribution in [0.4, 0.5) is 0 Å². The van der Waals surface area contributed by atoms with Gasteiger partial charge in [0.25, 0.3) is 0 Å². The fourth-order valence-corrected chi connectivity index (χ4v) is 2.49. The maximum Gasteiger partial charge on any atom is 0.320 e. The second-order valence-electron chi connectivity index (χ2n) is 3.91. The van der Waals surface area contributed by atoms with Crippen molar-refractivity contribution in [1.29, 1.82) is 0 Å². The molecule has 3 unspecified atom stereocenters. The molecule has 3 rings (SSSR count). The highest BCUT2D eigenvalue weighted by Gasteiger charge is 2.39. The molecule has 3 heteroatoms. The standard InChI is InChI=1S/C10H15NO2/c1-2-7-6-11-4-3-8(7)5-9(11)10(12)13/h2,8-9H,3-6H2,1H3,(H,12,13). The number of carboxylic acids is 1. The van der Waals surface area contributed by atoms with Crippen molar-refractivity contribution in [2.75, 3.05) is 13.1 Å². The number of nitrogens with zero attached hydrogens (tertiary/aromatic N) is 1. The molecule has 72 valence electrons. The van der Waals surface area contributed by atoms with E-state index in [1.165, 1.54) is 5.57 Å². The van der Waals surface area contributed by atoms with Gasteiger partial charge in [0.15, 0.2) is 0 Å². The molecule has 1 N–H and O–H groups in total. The average Bonchev–Trinajstić information content (AvgIpc) is 2.18. The predicted molar refractivity (Wildman–Crippen MR) is 49.5 cm³/mol. The van der Waals surface area contributed by atoms with Gasteiger partial charge in [-0.25, -0.2) is 0 Å². The topological polar surface area (TPSA) is 40.5 Å². The summed E-state index contributed by atoms with van der Waals surface area (Å²) in [4.78, 5) is 13.0. The van der Waals surface area contributed by atoms with E-state index in [1.54, 1.807) is 0 Å². The number of piperidine rings is 3. The van der Waals surface area contributed by atoms with Crippen LogP contribution in [0.15, 0.2) is 11.6 Å². The van der Waals surface area contributed by atoms with E-state index >= 15 is 0 Å². The van der Waals surface area contributed by atoms with Gasteiger partial charge < -0.3 is 5.11 Å². The Balaban J connectivity index is 2.16. The molecule has 3 saturated heterocycles. The van der Waals surface area contributed by atoms with Crippen molar-refractivity contribution in [3.63, 3.8) is 0 Å². The fourth-order valence-electron chi connectivity index (χ4n) is 2.49. The third-order valence-electron chi connectivity index (χ3n) is 3.28. The van der Waals surface area contributed by atoms with E-state index < -0.39 is 5.97 Å². The second-order valence-corrected chi connectivity index (χ2v) is 3.91. The van der Waals surface area contributed by atoms with Crippen molar-refractivity contribution in [3.05, 3.63) is 11.6 Å². The molecule has 0 saturated carbocycles. The summed E-state index contributed by atoms with van der Waals surface area (Å²) in [6, 6.07) is -0.220. The lowest BCUT2D eigenvalue weighted by molar-refractivity contribution is -0.146. The first-order valence-electron chi connectivity index (χ1n) is 4.84. The van der Waals surface area contributed by atoms with Crippen molar-refractivity contribution in [2.24, 2.45) is 5.92 Å². The lowest BCUT2D eigenvalue weighted by atomic mass is 9.79. The zero-order chi connectivity index (χ0) is 9.42. The second kappa shape index (κ2) is 3.14. The number of carbonyl (C=O) groups is 1. The van der Waals surface area contributed by atoms with Crippen LogP contribution in [0.2, 0.25) is 0 Å². The molecule has 13 heavy (non-hydrogen) atoms. The lowest BCUT2D eigenvalue weighted by Gasteiger charge is -2.45. The molecule has 0 aromatic rings. The van der Waals surface area contributed by atoms with Crippen LogP contribution in [0.3, 0.4) is 0 Å². The van der Waals surface area contributed by atoms with E-state index in [9.17, 15) is 4.79 Å². The minimum absolute atomic E-state index is 0.220. The number of hydrogen-bond donors (Lipinski definition) is 1. The SMILES string of the molecule is CC=C1CN2CCC1CC2C(=O)O. The number of carboxylic acid groups (broad SMARTS) is 1. The van der Waals surface area contributed by atoms with Crippen LogP contribution >= 0.6 is 0 Å². The largest absolute Gasteiger partial charge is 0.480 e.